The molecule has 0 heterocycles. The minimum Gasteiger partial charge on any atom is -0.396 e. The van der Waals surface area contributed by atoms with Crippen molar-refractivity contribution in [2.24, 2.45) is 0 Å². The van der Waals surface area contributed by atoms with Gasteiger partial charge in [0.1, 0.15) is 0 Å². The molecule has 0 aliphatic carbocycles. The Morgan fingerprint density at radius 2 is 2.25 bits per heavy atom. The third-order valence-corrected chi connectivity index (χ3v) is 4.10. The molecular formula is C12H18BrNOS. The quantitative estimate of drug-likeness (QED) is 0.625. The fraction of sp³-hybridized carbons (Fsp3) is 0.500. The van der Waals surface area contributed by atoms with Gasteiger partial charge in [-0.2, -0.15) is 0 Å². The van der Waals surface area contributed by atoms with Crippen molar-refractivity contribution in [1.82, 2.24) is 5.32 Å². The molecule has 2 nitrogen and oxygen atoms in total. The zero-order valence-electron chi connectivity index (χ0n) is 9.66. The van der Waals surface area contributed by atoms with Crippen LogP contribution in [0.1, 0.15) is 24.9 Å². The van der Waals surface area contributed by atoms with Crippen LogP contribution >= 0.6 is 27.7 Å². The lowest BCUT2D eigenvalue weighted by Crippen LogP contribution is -2.13. The van der Waals surface area contributed by atoms with Gasteiger partial charge in [-0.05, 0) is 44.2 Å². The van der Waals surface area contributed by atoms with Gasteiger partial charge >= 0.3 is 0 Å². The van der Waals surface area contributed by atoms with E-state index in [1.165, 1.54) is 10.5 Å². The lowest BCUT2D eigenvalue weighted by atomic mass is 10.1. The van der Waals surface area contributed by atoms with E-state index in [9.17, 15) is 0 Å². The molecule has 0 saturated heterocycles. The summed E-state index contributed by atoms with van der Waals surface area (Å²) in [5.74, 6) is 0.960. The third-order valence-electron chi connectivity index (χ3n) is 2.43. The second kappa shape index (κ2) is 7.33. The van der Waals surface area contributed by atoms with Gasteiger partial charge in [-0.15, -0.1) is 11.8 Å². The fourth-order valence-corrected chi connectivity index (χ4v) is 2.83. The highest BCUT2D eigenvalue weighted by atomic mass is 79.9. The summed E-state index contributed by atoms with van der Waals surface area (Å²) >= 11 is 5.30. The van der Waals surface area contributed by atoms with Gasteiger partial charge in [-0.3, -0.25) is 0 Å². The van der Waals surface area contributed by atoms with Crippen molar-refractivity contribution in [3.63, 3.8) is 0 Å². The molecule has 1 rings (SSSR count). The minimum absolute atomic E-state index is 0.264. The summed E-state index contributed by atoms with van der Waals surface area (Å²) in [5, 5.41) is 12.0. The predicted octanol–water partition coefficient (Wildman–Crippen LogP) is 3.20. The number of halogens is 1. The molecule has 1 aromatic carbocycles. The first-order valence-electron chi connectivity index (χ1n) is 5.39. The van der Waals surface area contributed by atoms with Crippen LogP contribution in [0.2, 0.25) is 0 Å². The van der Waals surface area contributed by atoms with E-state index in [2.05, 4.69) is 46.4 Å². The first-order chi connectivity index (χ1) is 7.69. The first kappa shape index (κ1) is 14.0. The first-order valence-corrected chi connectivity index (χ1v) is 7.17. The van der Waals surface area contributed by atoms with Gasteiger partial charge in [-0.25, -0.2) is 0 Å². The highest BCUT2D eigenvalue weighted by Crippen LogP contribution is 2.30. The molecule has 1 aromatic rings. The summed E-state index contributed by atoms with van der Waals surface area (Å²) in [7, 11) is 1.97. The van der Waals surface area contributed by atoms with Crippen molar-refractivity contribution in [1.29, 1.82) is 0 Å². The maximum atomic E-state index is 8.78. The summed E-state index contributed by atoms with van der Waals surface area (Å²) in [6.07, 6.45) is 0.841. The minimum atomic E-state index is 0.264. The summed E-state index contributed by atoms with van der Waals surface area (Å²) in [4.78, 5) is 1.29. The molecule has 1 unspecified atom stereocenters. The van der Waals surface area contributed by atoms with Crippen LogP contribution in [0.5, 0.6) is 0 Å². The number of hydrogen-bond acceptors (Lipinski definition) is 3. The van der Waals surface area contributed by atoms with E-state index in [-0.39, 0.29) is 6.61 Å². The predicted molar refractivity (Wildman–Crippen MR) is 74.0 cm³/mol. The van der Waals surface area contributed by atoms with Crippen molar-refractivity contribution in [3.8, 4) is 0 Å². The maximum absolute atomic E-state index is 8.78. The summed E-state index contributed by atoms with van der Waals surface area (Å²) in [6, 6.07) is 6.69. The van der Waals surface area contributed by atoms with Gasteiger partial charge in [0.05, 0.1) is 0 Å². The molecule has 1 atom stereocenters. The van der Waals surface area contributed by atoms with Crippen LogP contribution in [0, 0.1) is 0 Å². The van der Waals surface area contributed by atoms with E-state index < -0.39 is 0 Å². The van der Waals surface area contributed by atoms with E-state index >= 15 is 0 Å². The fourth-order valence-electron chi connectivity index (χ4n) is 1.39. The second-order valence-electron chi connectivity index (χ2n) is 3.62. The molecule has 0 amide bonds. The standard InChI is InChI=1S/C12H18BrNOS/c1-9(14-2)11-8-10(13)4-5-12(11)16-7-3-6-15/h4-5,8-9,14-15H,3,6-7H2,1-2H3. The SMILES string of the molecule is CNC(C)c1cc(Br)ccc1SCCCO. The Bertz CT molecular complexity index is 333. The van der Waals surface area contributed by atoms with E-state index in [1.54, 1.807) is 11.8 Å². The van der Waals surface area contributed by atoms with Gasteiger partial charge in [0, 0.05) is 27.8 Å². The summed E-state index contributed by atoms with van der Waals surface area (Å²) in [5.41, 5.74) is 1.31. The molecule has 0 aliphatic rings. The Morgan fingerprint density at radius 1 is 1.50 bits per heavy atom. The highest BCUT2D eigenvalue weighted by molar-refractivity contribution is 9.10. The Labute approximate surface area is 110 Å². The lowest BCUT2D eigenvalue weighted by molar-refractivity contribution is 0.296. The monoisotopic (exact) mass is 303 g/mol. The van der Waals surface area contributed by atoms with Gasteiger partial charge in [0.25, 0.3) is 0 Å². The molecule has 90 valence electrons. The van der Waals surface area contributed by atoms with Crippen LogP contribution in [0.15, 0.2) is 27.6 Å². The van der Waals surface area contributed by atoms with Crippen molar-refractivity contribution in [3.05, 3.63) is 28.2 Å². The number of aliphatic hydroxyl groups is 1. The molecule has 0 spiro atoms. The average molecular weight is 304 g/mol. The Hall–Kier alpha value is -0.0300. The molecule has 0 bridgehead atoms. The lowest BCUT2D eigenvalue weighted by Gasteiger charge is -2.15. The smallest absolute Gasteiger partial charge is 0.0439 e. The zero-order valence-corrected chi connectivity index (χ0v) is 12.1. The molecule has 0 fully saturated rings. The maximum Gasteiger partial charge on any atom is 0.0439 e. The third kappa shape index (κ3) is 4.09. The van der Waals surface area contributed by atoms with Gasteiger partial charge in [0.15, 0.2) is 0 Å². The Morgan fingerprint density at radius 3 is 2.88 bits per heavy atom. The summed E-state index contributed by atoms with van der Waals surface area (Å²) in [6.45, 7) is 2.41. The van der Waals surface area contributed by atoms with Crippen molar-refractivity contribution in [2.75, 3.05) is 19.4 Å². The van der Waals surface area contributed by atoms with Gasteiger partial charge in [-0.1, -0.05) is 15.9 Å². The van der Waals surface area contributed by atoms with Crippen LogP contribution < -0.4 is 5.32 Å². The van der Waals surface area contributed by atoms with E-state index in [0.717, 1.165) is 16.6 Å². The molecule has 2 N–H and O–H groups in total. The molecule has 16 heavy (non-hydrogen) atoms. The van der Waals surface area contributed by atoms with Gasteiger partial charge < -0.3 is 10.4 Å². The van der Waals surface area contributed by atoms with Crippen molar-refractivity contribution < 1.29 is 5.11 Å². The number of hydrogen-bond donors (Lipinski definition) is 2. The number of nitrogens with one attached hydrogen (secondary N) is 1. The Kier molecular flexibility index (Phi) is 6.43. The number of rotatable bonds is 6. The molecule has 0 aromatic heterocycles. The summed E-state index contributed by atoms with van der Waals surface area (Å²) < 4.78 is 1.11. The zero-order chi connectivity index (χ0) is 12.0. The van der Waals surface area contributed by atoms with Crippen molar-refractivity contribution >= 4 is 27.7 Å². The van der Waals surface area contributed by atoms with Crippen LogP contribution in [0.4, 0.5) is 0 Å². The molecule has 0 aliphatic heterocycles. The normalized spacial score (nSPS) is 12.8. The largest absolute Gasteiger partial charge is 0.396 e. The molecular weight excluding hydrogens is 286 g/mol. The molecule has 4 heteroatoms. The number of aliphatic hydroxyl groups excluding tert-OH is 1. The molecule has 0 saturated carbocycles. The van der Waals surface area contributed by atoms with Crippen molar-refractivity contribution in [2.45, 2.75) is 24.3 Å². The Balaban J connectivity index is 2.80. The van der Waals surface area contributed by atoms with Crippen LogP contribution in [0.25, 0.3) is 0 Å². The van der Waals surface area contributed by atoms with E-state index in [4.69, 9.17) is 5.11 Å². The number of thioether (sulfide) groups is 1. The average Bonchev–Trinajstić information content (AvgIpc) is 2.30. The van der Waals surface area contributed by atoms with E-state index in [0.29, 0.717) is 6.04 Å². The molecule has 0 radical (unpaired) electrons. The topological polar surface area (TPSA) is 32.3 Å². The van der Waals surface area contributed by atoms with Crippen LogP contribution in [-0.2, 0) is 0 Å². The number of benzene rings is 1. The second-order valence-corrected chi connectivity index (χ2v) is 5.67. The van der Waals surface area contributed by atoms with Gasteiger partial charge in [0.2, 0.25) is 0 Å². The van der Waals surface area contributed by atoms with Crippen LogP contribution in [0.3, 0.4) is 0 Å². The highest BCUT2D eigenvalue weighted by Gasteiger charge is 2.09. The van der Waals surface area contributed by atoms with E-state index in [1.807, 2.05) is 7.05 Å². The van der Waals surface area contributed by atoms with Crippen LogP contribution in [-0.4, -0.2) is 24.5 Å².